The first-order valence-corrected chi connectivity index (χ1v) is 7.35. The molecule has 1 heterocycles. The first-order valence-electron chi connectivity index (χ1n) is 7.35. The van der Waals surface area contributed by atoms with Crippen molar-refractivity contribution in [3.8, 4) is 0 Å². The van der Waals surface area contributed by atoms with Crippen molar-refractivity contribution in [1.82, 2.24) is 4.90 Å². The van der Waals surface area contributed by atoms with Gasteiger partial charge in [0.25, 0.3) is 0 Å². The van der Waals surface area contributed by atoms with E-state index < -0.39 is 0 Å². The molecule has 0 radical (unpaired) electrons. The van der Waals surface area contributed by atoms with Gasteiger partial charge in [-0.2, -0.15) is 0 Å². The highest BCUT2D eigenvalue weighted by molar-refractivity contribution is 5.93. The number of carbonyl (C=O) groups excluding carboxylic acids is 1. The Morgan fingerprint density at radius 3 is 2.90 bits per heavy atom. The van der Waals surface area contributed by atoms with Crippen LogP contribution in [0.4, 0.5) is 11.4 Å². The standard InChI is InChI=1S/C16H25N3O/c1-11-4-6-13(3)19(9-11)10-16(20)18-15-8-14(17)7-5-12(15)2/h5,7-8,11,13H,4,6,9-10,17H2,1-3H3,(H,18,20). The molecule has 1 aromatic rings. The SMILES string of the molecule is Cc1ccc(N)cc1NC(=O)CN1CC(C)CCC1C. The lowest BCUT2D eigenvalue weighted by Gasteiger charge is -2.36. The van der Waals surface area contributed by atoms with E-state index >= 15 is 0 Å². The maximum atomic E-state index is 12.2. The van der Waals surface area contributed by atoms with Crippen LogP contribution in [0.1, 0.15) is 32.3 Å². The predicted octanol–water partition coefficient (Wildman–Crippen LogP) is 2.64. The molecule has 4 nitrogen and oxygen atoms in total. The van der Waals surface area contributed by atoms with Gasteiger partial charge >= 0.3 is 0 Å². The van der Waals surface area contributed by atoms with Crippen LogP contribution in [0.25, 0.3) is 0 Å². The van der Waals surface area contributed by atoms with Crippen LogP contribution in [-0.4, -0.2) is 29.9 Å². The lowest BCUT2D eigenvalue weighted by Crippen LogP contribution is -2.45. The molecule has 3 N–H and O–H groups in total. The van der Waals surface area contributed by atoms with Crippen LogP contribution in [0, 0.1) is 12.8 Å². The number of nitrogens with zero attached hydrogens (tertiary/aromatic N) is 1. The van der Waals surface area contributed by atoms with Gasteiger partial charge in [-0.05, 0) is 50.3 Å². The van der Waals surface area contributed by atoms with Gasteiger partial charge < -0.3 is 11.1 Å². The van der Waals surface area contributed by atoms with Crippen LogP contribution < -0.4 is 11.1 Å². The van der Waals surface area contributed by atoms with Crippen molar-refractivity contribution in [3.63, 3.8) is 0 Å². The van der Waals surface area contributed by atoms with E-state index in [0.717, 1.165) is 17.8 Å². The number of amides is 1. The fourth-order valence-corrected chi connectivity index (χ4v) is 2.75. The van der Waals surface area contributed by atoms with Crippen molar-refractivity contribution >= 4 is 17.3 Å². The topological polar surface area (TPSA) is 58.4 Å². The van der Waals surface area contributed by atoms with Crippen molar-refractivity contribution in [3.05, 3.63) is 23.8 Å². The molecule has 0 bridgehead atoms. The van der Waals surface area contributed by atoms with E-state index in [1.807, 2.05) is 25.1 Å². The van der Waals surface area contributed by atoms with E-state index in [2.05, 4.69) is 24.1 Å². The Bertz CT molecular complexity index is 487. The quantitative estimate of drug-likeness (QED) is 0.834. The van der Waals surface area contributed by atoms with E-state index in [1.54, 1.807) is 0 Å². The fraction of sp³-hybridized carbons (Fsp3) is 0.562. The molecule has 1 aromatic carbocycles. The number of aryl methyl sites for hydroxylation is 1. The molecule has 2 unspecified atom stereocenters. The molecular formula is C16H25N3O. The number of hydrogen-bond donors (Lipinski definition) is 2. The summed E-state index contributed by atoms with van der Waals surface area (Å²) in [6.45, 7) is 7.88. The summed E-state index contributed by atoms with van der Waals surface area (Å²) >= 11 is 0. The van der Waals surface area contributed by atoms with E-state index in [-0.39, 0.29) is 5.91 Å². The maximum absolute atomic E-state index is 12.2. The van der Waals surface area contributed by atoms with Crippen molar-refractivity contribution in [2.75, 3.05) is 24.1 Å². The van der Waals surface area contributed by atoms with Crippen molar-refractivity contribution < 1.29 is 4.79 Å². The highest BCUT2D eigenvalue weighted by atomic mass is 16.2. The van der Waals surface area contributed by atoms with Crippen LogP contribution in [0.15, 0.2) is 18.2 Å². The Kier molecular flexibility index (Phi) is 4.65. The van der Waals surface area contributed by atoms with E-state index in [4.69, 9.17) is 5.73 Å². The van der Waals surface area contributed by atoms with Gasteiger partial charge in [0.1, 0.15) is 0 Å². The summed E-state index contributed by atoms with van der Waals surface area (Å²) in [6.07, 6.45) is 2.43. The molecule has 1 aliphatic rings. The molecule has 0 aromatic heterocycles. The number of nitrogen functional groups attached to an aromatic ring is 1. The maximum Gasteiger partial charge on any atom is 0.238 e. The van der Waals surface area contributed by atoms with Crippen LogP contribution in [0.5, 0.6) is 0 Å². The zero-order valence-electron chi connectivity index (χ0n) is 12.6. The lowest BCUT2D eigenvalue weighted by molar-refractivity contribution is -0.118. The monoisotopic (exact) mass is 275 g/mol. The first kappa shape index (κ1) is 14.9. The number of rotatable bonds is 3. The van der Waals surface area contributed by atoms with Crippen molar-refractivity contribution in [2.24, 2.45) is 5.92 Å². The van der Waals surface area contributed by atoms with Crippen LogP contribution in [0.2, 0.25) is 0 Å². The van der Waals surface area contributed by atoms with Crippen LogP contribution in [0.3, 0.4) is 0 Å². The third kappa shape index (κ3) is 3.73. The molecule has 2 atom stereocenters. The van der Waals surface area contributed by atoms with Crippen molar-refractivity contribution in [2.45, 2.75) is 39.7 Å². The number of hydrogen-bond acceptors (Lipinski definition) is 3. The van der Waals surface area contributed by atoms with Gasteiger partial charge in [0.2, 0.25) is 5.91 Å². The van der Waals surface area contributed by atoms with Gasteiger partial charge in [-0.1, -0.05) is 13.0 Å². The number of benzene rings is 1. The summed E-state index contributed by atoms with van der Waals surface area (Å²) in [7, 11) is 0. The predicted molar refractivity (Wildman–Crippen MR) is 83.7 cm³/mol. The van der Waals surface area contributed by atoms with Gasteiger partial charge in [0, 0.05) is 24.0 Å². The third-order valence-corrected chi connectivity index (χ3v) is 4.13. The molecule has 0 spiro atoms. The third-order valence-electron chi connectivity index (χ3n) is 4.13. The Hall–Kier alpha value is -1.55. The molecule has 0 saturated carbocycles. The molecule has 2 rings (SSSR count). The summed E-state index contributed by atoms with van der Waals surface area (Å²) in [6, 6.07) is 6.07. The molecule has 1 aliphatic heterocycles. The molecule has 110 valence electrons. The smallest absolute Gasteiger partial charge is 0.238 e. The molecule has 1 saturated heterocycles. The fourth-order valence-electron chi connectivity index (χ4n) is 2.75. The summed E-state index contributed by atoms with van der Waals surface area (Å²) in [4.78, 5) is 14.5. The molecule has 20 heavy (non-hydrogen) atoms. The van der Waals surface area contributed by atoms with Gasteiger partial charge in [0.05, 0.1) is 6.54 Å². The molecule has 1 fully saturated rings. The number of likely N-dealkylation sites (tertiary alicyclic amines) is 1. The number of piperidine rings is 1. The summed E-state index contributed by atoms with van der Waals surface area (Å²) in [5.41, 5.74) is 8.29. The van der Waals surface area contributed by atoms with Crippen LogP contribution in [-0.2, 0) is 4.79 Å². The lowest BCUT2D eigenvalue weighted by atomic mass is 9.95. The molecule has 1 amide bonds. The zero-order valence-corrected chi connectivity index (χ0v) is 12.6. The van der Waals surface area contributed by atoms with E-state index in [0.29, 0.717) is 24.2 Å². The average molecular weight is 275 g/mol. The number of anilines is 2. The van der Waals surface area contributed by atoms with Crippen molar-refractivity contribution in [1.29, 1.82) is 0 Å². The first-order chi connectivity index (χ1) is 9.45. The summed E-state index contributed by atoms with van der Waals surface area (Å²) in [5.74, 6) is 0.716. The Balaban J connectivity index is 1.96. The Labute approximate surface area is 121 Å². The van der Waals surface area contributed by atoms with Gasteiger partial charge in [-0.3, -0.25) is 9.69 Å². The number of nitrogens with one attached hydrogen (secondary N) is 1. The van der Waals surface area contributed by atoms with Gasteiger partial charge in [0.15, 0.2) is 0 Å². The Morgan fingerprint density at radius 1 is 1.40 bits per heavy atom. The average Bonchev–Trinajstić information content (AvgIpc) is 2.38. The minimum absolute atomic E-state index is 0.0413. The molecule has 4 heteroatoms. The minimum atomic E-state index is 0.0413. The highest BCUT2D eigenvalue weighted by Gasteiger charge is 2.24. The summed E-state index contributed by atoms with van der Waals surface area (Å²) in [5, 5.41) is 2.97. The van der Waals surface area contributed by atoms with E-state index in [1.165, 1.54) is 12.8 Å². The molecular weight excluding hydrogens is 250 g/mol. The number of nitrogens with two attached hydrogens (primary N) is 1. The second kappa shape index (κ2) is 6.27. The minimum Gasteiger partial charge on any atom is -0.399 e. The number of carbonyl (C=O) groups is 1. The van der Waals surface area contributed by atoms with Gasteiger partial charge in [-0.25, -0.2) is 0 Å². The Morgan fingerprint density at radius 2 is 2.15 bits per heavy atom. The summed E-state index contributed by atoms with van der Waals surface area (Å²) < 4.78 is 0. The largest absolute Gasteiger partial charge is 0.399 e. The molecule has 0 aliphatic carbocycles. The van der Waals surface area contributed by atoms with E-state index in [9.17, 15) is 4.79 Å². The zero-order chi connectivity index (χ0) is 14.7. The van der Waals surface area contributed by atoms with Gasteiger partial charge in [-0.15, -0.1) is 0 Å². The second-order valence-electron chi connectivity index (χ2n) is 6.08. The normalized spacial score (nSPS) is 23.6. The highest BCUT2D eigenvalue weighted by Crippen LogP contribution is 2.22. The van der Waals surface area contributed by atoms with Crippen LogP contribution >= 0.6 is 0 Å². The second-order valence-corrected chi connectivity index (χ2v) is 6.08.